The van der Waals surface area contributed by atoms with Crippen LogP contribution in [0.15, 0.2) is 0 Å². The molecule has 1 fully saturated rings. The van der Waals surface area contributed by atoms with Crippen LogP contribution in [0.2, 0.25) is 0 Å². The molecule has 2 N–H and O–H groups in total. The third kappa shape index (κ3) is 3.33. The highest BCUT2D eigenvalue weighted by Crippen LogP contribution is 2.23. The maximum atomic E-state index is 11.0. The van der Waals surface area contributed by atoms with Gasteiger partial charge in [0.1, 0.15) is 6.42 Å². The van der Waals surface area contributed by atoms with Crippen molar-refractivity contribution < 1.29 is 19.4 Å². The molecule has 0 spiro atoms. The third-order valence-corrected chi connectivity index (χ3v) is 2.17. The van der Waals surface area contributed by atoms with E-state index in [1.54, 1.807) is 0 Å². The number of carboxylic acid groups (broad SMARTS) is 1. The van der Waals surface area contributed by atoms with Crippen molar-refractivity contribution in [1.82, 2.24) is 5.32 Å². The molecule has 1 amide bonds. The number of hydrogen-bond acceptors (Lipinski definition) is 3. The smallest absolute Gasteiger partial charge is 0.312 e. The van der Waals surface area contributed by atoms with Gasteiger partial charge < -0.3 is 15.2 Å². The van der Waals surface area contributed by atoms with Crippen LogP contribution < -0.4 is 5.32 Å². The molecule has 0 aromatic heterocycles. The second kappa shape index (κ2) is 4.95. The van der Waals surface area contributed by atoms with Gasteiger partial charge >= 0.3 is 5.97 Å². The van der Waals surface area contributed by atoms with Crippen molar-refractivity contribution in [2.45, 2.75) is 38.3 Å². The quantitative estimate of drug-likeness (QED) is 0.620. The number of rotatable bonds is 5. The normalized spacial score (nSPS) is 25.2. The molecule has 5 nitrogen and oxygen atoms in total. The molecule has 0 saturated heterocycles. The third-order valence-electron chi connectivity index (χ3n) is 2.17. The Labute approximate surface area is 82.4 Å². The van der Waals surface area contributed by atoms with E-state index >= 15 is 0 Å². The fourth-order valence-electron chi connectivity index (χ4n) is 1.47. The van der Waals surface area contributed by atoms with E-state index in [0.29, 0.717) is 6.61 Å². The molecule has 0 radical (unpaired) electrons. The first-order chi connectivity index (χ1) is 6.61. The molecule has 0 heterocycles. The van der Waals surface area contributed by atoms with Gasteiger partial charge in [-0.2, -0.15) is 0 Å². The molecule has 1 aliphatic carbocycles. The van der Waals surface area contributed by atoms with Crippen LogP contribution >= 0.6 is 0 Å². The van der Waals surface area contributed by atoms with Crippen LogP contribution in [0.1, 0.15) is 26.2 Å². The van der Waals surface area contributed by atoms with Crippen LogP contribution in [0.25, 0.3) is 0 Å². The molecule has 1 saturated carbocycles. The topological polar surface area (TPSA) is 75.6 Å². The summed E-state index contributed by atoms with van der Waals surface area (Å²) in [5, 5.41) is 11.0. The summed E-state index contributed by atoms with van der Waals surface area (Å²) in [6.07, 6.45) is 1.36. The number of aliphatic carboxylic acids is 1. The fourth-order valence-corrected chi connectivity index (χ4v) is 1.47. The number of carbonyl (C=O) groups excluding carboxylic acids is 1. The Morgan fingerprint density at radius 3 is 2.64 bits per heavy atom. The number of ether oxygens (including phenoxy) is 1. The van der Waals surface area contributed by atoms with Gasteiger partial charge in [-0.15, -0.1) is 0 Å². The highest BCUT2D eigenvalue weighted by atomic mass is 16.5. The van der Waals surface area contributed by atoms with Crippen molar-refractivity contribution in [3.63, 3.8) is 0 Å². The Bertz CT molecular complexity index is 223. The van der Waals surface area contributed by atoms with Crippen LogP contribution in [0.4, 0.5) is 0 Å². The second-order valence-electron chi connectivity index (χ2n) is 3.38. The zero-order chi connectivity index (χ0) is 10.6. The zero-order valence-electron chi connectivity index (χ0n) is 8.16. The molecule has 0 atom stereocenters. The molecule has 14 heavy (non-hydrogen) atoms. The van der Waals surface area contributed by atoms with Gasteiger partial charge in [-0.3, -0.25) is 9.59 Å². The number of hydrogen-bond donors (Lipinski definition) is 2. The molecule has 0 aromatic carbocycles. The largest absolute Gasteiger partial charge is 0.481 e. The van der Waals surface area contributed by atoms with Gasteiger partial charge in [-0.05, 0) is 19.8 Å². The molecule has 80 valence electrons. The molecule has 0 unspecified atom stereocenters. The van der Waals surface area contributed by atoms with E-state index in [4.69, 9.17) is 9.84 Å². The lowest BCUT2D eigenvalue weighted by Gasteiger charge is -2.35. The Morgan fingerprint density at radius 2 is 2.14 bits per heavy atom. The summed E-state index contributed by atoms with van der Waals surface area (Å²) in [6, 6.07) is 0.0957. The number of nitrogens with one attached hydrogen (secondary N) is 1. The summed E-state index contributed by atoms with van der Waals surface area (Å²) in [5.41, 5.74) is 0. The van der Waals surface area contributed by atoms with E-state index in [0.717, 1.165) is 12.8 Å². The highest BCUT2D eigenvalue weighted by molar-refractivity contribution is 5.93. The zero-order valence-corrected chi connectivity index (χ0v) is 8.16. The second-order valence-corrected chi connectivity index (χ2v) is 3.38. The average molecular weight is 201 g/mol. The highest BCUT2D eigenvalue weighted by Gasteiger charge is 2.30. The Hall–Kier alpha value is -1.10. The molecule has 0 bridgehead atoms. The van der Waals surface area contributed by atoms with Gasteiger partial charge in [0.05, 0.1) is 6.10 Å². The van der Waals surface area contributed by atoms with Crippen LogP contribution in [0.5, 0.6) is 0 Å². The number of carbonyl (C=O) groups is 2. The lowest BCUT2D eigenvalue weighted by molar-refractivity contribution is -0.141. The summed E-state index contributed by atoms with van der Waals surface area (Å²) in [6.45, 7) is 2.61. The summed E-state index contributed by atoms with van der Waals surface area (Å²) in [7, 11) is 0. The fraction of sp³-hybridized carbons (Fsp3) is 0.778. The average Bonchev–Trinajstić information content (AvgIpc) is 1.99. The van der Waals surface area contributed by atoms with Crippen LogP contribution in [-0.4, -0.2) is 35.7 Å². The van der Waals surface area contributed by atoms with E-state index in [1.807, 2.05) is 6.92 Å². The van der Waals surface area contributed by atoms with Crippen molar-refractivity contribution in [2.75, 3.05) is 6.61 Å². The SMILES string of the molecule is CCOC1CC(NC(=O)CC(=O)O)C1. The van der Waals surface area contributed by atoms with E-state index in [-0.39, 0.29) is 12.1 Å². The minimum atomic E-state index is -1.09. The molecule has 1 rings (SSSR count). The van der Waals surface area contributed by atoms with Crippen LogP contribution in [-0.2, 0) is 14.3 Å². The number of carboxylic acids is 1. The summed E-state index contributed by atoms with van der Waals surface area (Å²) >= 11 is 0. The van der Waals surface area contributed by atoms with Crippen molar-refractivity contribution in [2.24, 2.45) is 0 Å². The van der Waals surface area contributed by atoms with Gasteiger partial charge in [0.25, 0.3) is 0 Å². The van der Waals surface area contributed by atoms with Gasteiger partial charge in [0.15, 0.2) is 0 Å². The Balaban J connectivity index is 2.10. The molecule has 0 aliphatic heterocycles. The Morgan fingerprint density at radius 1 is 1.50 bits per heavy atom. The molecular formula is C9H15NO4. The summed E-state index contributed by atoms with van der Waals surface area (Å²) in [4.78, 5) is 21.2. The summed E-state index contributed by atoms with van der Waals surface area (Å²) in [5.74, 6) is -1.51. The lowest BCUT2D eigenvalue weighted by atomic mass is 9.89. The van der Waals surface area contributed by atoms with Crippen molar-refractivity contribution in [3.05, 3.63) is 0 Å². The standard InChI is InChI=1S/C9H15NO4/c1-2-14-7-3-6(4-7)10-8(11)5-9(12)13/h6-7H,2-5H2,1H3,(H,10,11)(H,12,13). The maximum Gasteiger partial charge on any atom is 0.312 e. The lowest BCUT2D eigenvalue weighted by Crippen LogP contribution is -2.48. The predicted octanol–water partition coefficient (Wildman–Crippen LogP) is 0.145. The molecular weight excluding hydrogens is 186 g/mol. The Kier molecular flexibility index (Phi) is 3.88. The predicted molar refractivity (Wildman–Crippen MR) is 48.8 cm³/mol. The number of amides is 1. The van der Waals surface area contributed by atoms with Gasteiger partial charge in [-0.1, -0.05) is 0 Å². The maximum absolute atomic E-state index is 11.0. The van der Waals surface area contributed by atoms with Gasteiger partial charge in [0, 0.05) is 12.6 Å². The summed E-state index contributed by atoms with van der Waals surface area (Å²) < 4.78 is 5.30. The first-order valence-corrected chi connectivity index (χ1v) is 4.74. The molecule has 5 heteroatoms. The molecule has 1 aliphatic rings. The van der Waals surface area contributed by atoms with E-state index in [2.05, 4.69) is 5.32 Å². The van der Waals surface area contributed by atoms with E-state index in [1.165, 1.54) is 0 Å². The van der Waals surface area contributed by atoms with E-state index < -0.39 is 18.3 Å². The molecule has 0 aromatic rings. The van der Waals surface area contributed by atoms with Crippen molar-refractivity contribution in [3.8, 4) is 0 Å². The van der Waals surface area contributed by atoms with Crippen molar-refractivity contribution in [1.29, 1.82) is 0 Å². The van der Waals surface area contributed by atoms with Crippen LogP contribution in [0.3, 0.4) is 0 Å². The minimum Gasteiger partial charge on any atom is -0.481 e. The van der Waals surface area contributed by atoms with E-state index in [9.17, 15) is 9.59 Å². The van der Waals surface area contributed by atoms with Crippen LogP contribution in [0, 0.1) is 0 Å². The first-order valence-electron chi connectivity index (χ1n) is 4.74. The van der Waals surface area contributed by atoms with Gasteiger partial charge in [-0.25, -0.2) is 0 Å². The van der Waals surface area contributed by atoms with Crippen molar-refractivity contribution >= 4 is 11.9 Å². The first kappa shape index (κ1) is 11.0. The monoisotopic (exact) mass is 201 g/mol. The minimum absolute atomic E-state index is 0.0957. The van der Waals surface area contributed by atoms with Gasteiger partial charge in [0.2, 0.25) is 5.91 Å².